The van der Waals surface area contributed by atoms with Crippen LogP contribution in [-0.4, -0.2) is 31.3 Å². The Labute approximate surface area is 61.5 Å². The van der Waals surface area contributed by atoms with Crippen LogP contribution in [0.3, 0.4) is 0 Å². The average Bonchev–Trinajstić information content (AvgIpc) is 1.81. The second-order valence-electron chi connectivity index (χ2n) is 2.38. The third-order valence-electron chi connectivity index (χ3n) is 1.09. The molecule has 0 aliphatic rings. The Kier molecular flexibility index (Phi) is 3.72. The van der Waals surface area contributed by atoms with Gasteiger partial charge in [-0.05, 0) is 6.92 Å². The summed E-state index contributed by atoms with van der Waals surface area (Å²) in [5.74, 6) is 0.0381. The molecule has 0 saturated heterocycles. The van der Waals surface area contributed by atoms with E-state index in [2.05, 4.69) is 0 Å². The molecule has 58 valence electrons. The minimum absolute atomic E-state index is 0.0381. The van der Waals surface area contributed by atoms with Gasteiger partial charge in [0.15, 0.2) is 5.78 Å². The smallest absolute Gasteiger partial charge is 0.158 e. The van der Waals surface area contributed by atoms with Gasteiger partial charge in [0.2, 0.25) is 0 Å². The summed E-state index contributed by atoms with van der Waals surface area (Å²) in [7, 11) is 3.72. The van der Waals surface area contributed by atoms with E-state index >= 15 is 0 Å². The highest BCUT2D eigenvalue weighted by Crippen LogP contribution is 1.93. The molecule has 10 heavy (non-hydrogen) atoms. The lowest BCUT2D eigenvalue weighted by molar-refractivity contribution is -0.113. The van der Waals surface area contributed by atoms with Gasteiger partial charge in [0.05, 0.1) is 0 Å². The zero-order chi connectivity index (χ0) is 8.15. The largest absolute Gasteiger partial charge is 0.383 e. The van der Waals surface area contributed by atoms with Crippen LogP contribution >= 0.6 is 0 Å². The summed E-state index contributed by atoms with van der Waals surface area (Å²) in [6, 6.07) is 0. The first-order chi connectivity index (χ1) is 4.57. The van der Waals surface area contributed by atoms with E-state index in [1.165, 1.54) is 6.92 Å². The first-order valence-corrected chi connectivity index (χ1v) is 3.16. The SMILES string of the molecule is CC(=O)/C(=C/N(C)C)CN. The van der Waals surface area contributed by atoms with E-state index in [1.807, 2.05) is 19.0 Å². The highest BCUT2D eigenvalue weighted by molar-refractivity contribution is 5.93. The fraction of sp³-hybridized carbons (Fsp3) is 0.571. The second kappa shape index (κ2) is 4.06. The predicted octanol–water partition coefficient (Wildman–Crippen LogP) is -0.0204. The monoisotopic (exact) mass is 142 g/mol. The van der Waals surface area contributed by atoms with Crippen molar-refractivity contribution in [3.8, 4) is 0 Å². The van der Waals surface area contributed by atoms with Crippen molar-refractivity contribution in [2.75, 3.05) is 20.6 Å². The van der Waals surface area contributed by atoms with Gasteiger partial charge in [-0.25, -0.2) is 0 Å². The lowest BCUT2D eigenvalue weighted by atomic mass is 10.2. The quantitative estimate of drug-likeness (QED) is 0.563. The molecule has 0 saturated carbocycles. The summed E-state index contributed by atoms with van der Waals surface area (Å²) in [5.41, 5.74) is 5.96. The topological polar surface area (TPSA) is 46.3 Å². The van der Waals surface area contributed by atoms with Crippen molar-refractivity contribution in [3.63, 3.8) is 0 Å². The molecule has 0 amide bonds. The van der Waals surface area contributed by atoms with Gasteiger partial charge in [-0.3, -0.25) is 4.79 Å². The third kappa shape index (κ3) is 3.25. The number of carbonyl (C=O) groups excluding carboxylic acids is 1. The zero-order valence-electron chi connectivity index (χ0n) is 6.72. The van der Waals surface area contributed by atoms with Crippen molar-refractivity contribution in [3.05, 3.63) is 11.8 Å². The van der Waals surface area contributed by atoms with Crippen LogP contribution in [0.15, 0.2) is 11.8 Å². The van der Waals surface area contributed by atoms with Crippen LogP contribution < -0.4 is 5.73 Å². The molecule has 0 atom stereocenters. The fourth-order valence-corrected chi connectivity index (χ4v) is 0.599. The lowest BCUT2D eigenvalue weighted by Gasteiger charge is -2.06. The van der Waals surface area contributed by atoms with Crippen LogP contribution in [0, 0.1) is 0 Å². The molecule has 0 radical (unpaired) electrons. The summed E-state index contributed by atoms with van der Waals surface area (Å²) < 4.78 is 0. The fourth-order valence-electron chi connectivity index (χ4n) is 0.599. The third-order valence-corrected chi connectivity index (χ3v) is 1.09. The van der Waals surface area contributed by atoms with Gasteiger partial charge in [-0.15, -0.1) is 0 Å². The van der Waals surface area contributed by atoms with Crippen molar-refractivity contribution < 1.29 is 4.79 Å². The van der Waals surface area contributed by atoms with Crippen LogP contribution in [-0.2, 0) is 4.79 Å². The van der Waals surface area contributed by atoms with E-state index in [0.29, 0.717) is 12.1 Å². The van der Waals surface area contributed by atoms with E-state index in [0.717, 1.165) is 0 Å². The summed E-state index contributed by atoms with van der Waals surface area (Å²) in [4.78, 5) is 12.5. The van der Waals surface area contributed by atoms with E-state index in [-0.39, 0.29) is 5.78 Å². The molecular weight excluding hydrogens is 128 g/mol. The molecule has 0 heterocycles. The van der Waals surface area contributed by atoms with E-state index in [1.54, 1.807) is 6.20 Å². The lowest BCUT2D eigenvalue weighted by Crippen LogP contribution is -2.14. The van der Waals surface area contributed by atoms with Gasteiger partial charge in [-0.1, -0.05) is 0 Å². The second-order valence-corrected chi connectivity index (χ2v) is 2.38. The van der Waals surface area contributed by atoms with Gasteiger partial charge in [-0.2, -0.15) is 0 Å². The number of Topliss-reactive ketones (excluding diaryl/α,β-unsaturated/α-hetero) is 1. The Morgan fingerprint density at radius 3 is 2.20 bits per heavy atom. The van der Waals surface area contributed by atoms with Crippen LogP contribution in [0.1, 0.15) is 6.92 Å². The molecule has 0 spiro atoms. The molecule has 3 heteroatoms. The van der Waals surface area contributed by atoms with Gasteiger partial charge in [0.25, 0.3) is 0 Å². The molecule has 2 N–H and O–H groups in total. The Morgan fingerprint density at radius 2 is 2.10 bits per heavy atom. The maximum Gasteiger partial charge on any atom is 0.158 e. The van der Waals surface area contributed by atoms with Crippen LogP contribution in [0.4, 0.5) is 0 Å². The summed E-state index contributed by atoms with van der Waals surface area (Å²) in [6.45, 7) is 1.83. The van der Waals surface area contributed by atoms with E-state index in [9.17, 15) is 4.79 Å². The van der Waals surface area contributed by atoms with E-state index in [4.69, 9.17) is 5.73 Å². The Bertz CT molecular complexity index is 150. The molecule has 0 aromatic heterocycles. The maximum absolute atomic E-state index is 10.7. The van der Waals surface area contributed by atoms with Gasteiger partial charge in [0, 0.05) is 32.4 Å². The molecule has 0 aliphatic heterocycles. The highest BCUT2D eigenvalue weighted by atomic mass is 16.1. The van der Waals surface area contributed by atoms with Crippen molar-refractivity contribution in [1.82, 2.24) is 4.90 Å². The molecular formula is C7H14N2O. The Balaban J connectivity index is 4.19. The first kappa shape index (κ1) is 9.17. The molecule has 0 bridgehead atoms. The zero-order valence-corrected chi connectivity index (χ0v) is 6.72. The van der Waals surface area contributed by atoms with Gasteiger partial charge < -0.3 is 10.6 Å². The van der Waals surface area contributed by atoms with Crippen molar-refractivity contribution >= 4 is 5.78 Å². The van der Waals surface area contributed by atoms with E-state index < -0.39 is 0 Å². The standard InChI is InChI=1S/C7H14N2O/c1-6(10)7(4-8)5-9(2)3/h5H,4,8H2,1-3H3/b7-5+. The molecule has 0 unspecified atom stereocenters. The number of carbonyl (C=O) groups is 1. The van der Waals surface area contributed by atoms with Crippen LogP contribution in [0.2, 0.25) is 0 Å². The van der Waals surface area contributed by atoms with Gasteiger partial charge in [0.1, 0.15) is 0 Å². The number of hydrogen-bond donors (Lipinski definition) is 1. The molecule has 0 fully saturated rings. The highest BCUT2D eigenvalue weighted by Gasteiger charge is 1.99. The average molecular weight is 142 g/mol. The number of ketones is 1. The normalized spacial score (nSPS) is 11.4. The number of nitrogens with zero attached hydrogens (tertiary/aromatic N) is 1. The first-order valence-electron chi connectivity index (χ1n) is 3.16. The molecule has 3 nitrogen and oxygen atoms in total. The van der Waals surface area contributed by atoms with Gasteiger partial charge >= 0.3 is 0 Å². The summed E-state index contributed by atoms with van der Waals surface area (Å²) in [5, 5.41) is 0. The van der Waals surface area contributed by atoms with Crippen molar-refractivity contribution in [2.24, 2.45) is 5.73 Å². The van der Waals surface area contributed by atoms with Crippen molar-refractivity contribution in [1.29, 1.82) is 0 Å². The van der Waals surface area contributed by atoms with Crippen molar-refractivity contribution in [2.45, 2.75) is 6.92 Å². The minimum atomic E-state index is 0.0381. The Hall–Kier alpha value is -0.830. The predicted molar refractivity (Wildman–Crippen MR) is 41.5 cm³/mol. The van der Waals surface area contributed by atoms with Crippen LogP contribution in [0.25, 0.3) is 0 Å². The summed E-state index contributed by atoms with van der Waals surface area (Å²) >= 11 is 0. The minimum Gasteiger partial charge on any atom is -0.383 e. The number of hydrogen-bond acceptors (Lipinski definition) is 3. The molecule has 0 aliphatic carbocycles. The summed E-state index contributed by atoms with van der Waals surface area (Å²) in [6.07, 6.45) is 1.74. The number of nitrogens with two attached hydrogens (primary N) is 1. The Morgan fingerprint density at radius 1 is 1.60 bits per heavy atom. The molecule has 0 aromatic carbocycles. The number of rotatable bonds is 3. The van der Waals surface area contributed by atoms with Crippen LogP contribution in [0.5, 0.6) is 0 Å². The maximum atomic E-state index is 10.7. The molecule has 0 rings (SSSR count). The molecule has 0 aromatic rings.